The highest BCUT2D eigenvalue weighted by Crippen LogP contribution is 2.61. The van der Waals surface area contributed by atoms with Gasteiger partial charge in [0, 0.05) is 25.0 Å². The SMILES string of the molecule is C[C@H]1[C@H](Nc2cnn(CC(=O)NCc3ccncc3Cl)c(=O)c2Br)C[C@H]2C[C@@H]1C2(C)C. The van der Waals surface area contributed by atoms with Crippen molar-refractivity contribution >= 4 is 39.1 Å². The first-order valence-corrected chi connectivity index (χ1v) is 11.7. The van der Waals surface area contributed by atoms with Crippen molar-refractivity contribution in [2.45, 2.75) is 52.7 Å². The van der Waals surface area contributed by atoms with E-state index in [0.717, 1.165) is 22.6 Å². The van der Waals surface area contributed by atoms with Crippen molar-refractivity contribution in [1.29, 1.82) is 0 Å². The Bertz CT molecular complexity index is 1060. The lowest BCUT2D eigenvalue weighted by atomic mass is 9.45. The fourth-order valence-corrected chi connectivity index (χ4v) is 5.76. The van der Waals surface area contributed by atoms with E-state index in [1.54, 1.807) is 18.5 Å². The third kappa shape index (κ3) is 4.24. The number of nitrogens with one attached hydrogen (secondary N) is 2. The quantitative estimate of drug-likeness (QED) is 0.619. The van der Waals surface area contributed by atoms with Gasteiger partial charge >= 0.3 is 0 Å². The Morgan fingerprint density at radius 1 is 1.35 bits per heavy atom. The maximum absolute atomic E-state index is 12.8. The predicted octanol–water partition coefficient (Wildman–Crippen LogP) is 3.85. The molecule has 2 aromatic heterocycles. The highest BCUT2D eigenvalue weighted by atomic mass is 79.9. The summed E-state index contributed by atoms with van der Waals surface area (Å²) in [5.74, 6) is 1.63. The van der Waals surface area contributed by atoms with Crippen LogP contribution in [0.5, 0.6) is 0 Å². The Labute approximate surface area is 195 Å². The molecule has 4 atom stereocenters. The van der Waals surface area contributed by atoms with Crippen LogP contribution in [0.15, 0.2) is 33.9 Å². The van der Waals surface area contributed by atoms with Crippen molar-refractivity contribution in [3.8, 4) is 0 Å². The Balaban J connectivity index is 1.39. The van der Waals surface area contributed by atoms with Crippen LogP contribution >= 0.6 is 27.5 Å². The maximum atomic E-state index is 12.8. The summed E-state index contributed by atoms with van der Waals surface area (Å²) in [7, 11) is 0. The van der Waals surface area contributed by atoms with Gasteiger partial charge in [0.15, 0.2) is 0 Å². The fraction of sp³-hybridized carbons (Fsp3) is 0.545. The van der Waals surface area contributed by atoms with E-state index in [1.807, 2.05) is 0 Å². The summed E-state index contributed by atoms with van der Waals surface area (Å²) < 4.78 is 1.56. The van der Waals surface area contributed by atoms with Crippen LogP contribution in [0, 0.1) is 23.2 Å². The second-order valence-electron chi connectivity index (χ2n) is 9.28. The van der Waals surface area contributed by atoms with E-state index in [-0.39, 0.29) is 24.6 Å². The minimum atomic E-state index is -0.337. The largest absolute Gasteiger partial charge is 0.380 e. The first kappa shape index (κ1) is 22.3. The van der Waals surface area contributed by atoms with Crippen LogP contribution in [-0.2, 0) is 17.9 Å². The smallest absolute Gasteiger partial charge is 0.283 e. The van der Waals surface area contributed by atoms with Crippen LogP contribution in [0.4, 0.5) is 5.69 Å². The molecular weight excluding hydrogens is 482 g/mol. The van der Waals surface area contributed by atoms with Crippen molar-refractivity contribution in [2.24, 2.45) is 23.2 Å². The molecule has 0 spiro atoms. The molecule has 3 saturated carbocycles. The molecule has 9 heteroatoms. The average molecular weight is 509 g/mol. The molecule has 0 saturated heterocycles. The standard InChI is InChI=1S/C22H27BrClN5O2/c1-12-15-6-14(22(15,2)3)7-17(12)28-18-10-27-29(21(31)20(18)23)11-19(30)26-8-13-4-5-25-9-16(13)24/h4-5,9-10,12,14-15,17,28H,6-8,11H2,1-3H3,(H,26,30)/t12-,14-,15+,17-/m1/s1. The molecule has 0 radical (unpaired) electrons. The highest BCUT2D eigenvalue weighted by molar-refractivity contribution is 9.10. The van der Waals surface area contributed by atoms with Crippen LogP contribution in [0.1, 0.15) is 39.2 Å². The summed E-state index contributed by atoms with van der Waals surface area (Å²) in [4.78, 5) is 29.0. The number of fused-ring (bicyclic) bond motifs is 2. The number of halogens is 2. The predicted molar refractivity (Wildman–Crippen MR) is 124 cm³/mol. The zero-order chi connectivity index (χ0) is 22.3. The minimum absolute atomic E-state index is 0.168. The normalized spacial score (nSPS) is 26.1. The number of anilines is 1. The van der Waals surface area contributed by atoms with Gasteiger partial charge in [0.25, 0.3) is 5.56 Å². The van der Waals surface area contributed by atoms with Gasteiger partial charge in [0.2, 0.25) is 5.91 Å². The molecule has 2 heterocycles. The van der Waals surface area contributed by atoms with Crippen molar-refractivity contribution in [3.63, 3.8) is 0 Å². The number of pyridine rings is 1. The van der Waals surface area contributed by atoms with E-state index in [0.29, 0.717) is 38.5 Å². The molecule has 2 aromatic rings. The van der Waals surface area contributed by atoms with Crippen molar-refractivity contribution in [2.75, 3.05) is 5.32 Å². The van der Waals surface area contributed by atoms with Crippen LogP contribution < -0.4 is 16.2 Å². The Morgan fingerprint density at radius 2 is 2.13 bits per heavy atom. The van der Waals surface area contributed by atoms with Gasteiger partial charge in [-0.05, 0) is 63.6 Å². The summed E-state index contributed by atoms with van der Waals surface area (Å²) in [6, 6.07) is 2.06. The number of hydrogen-bond donors (Lipinski definition) is 2. The molecule has 3 aliphatic carbocycles. The van der Waals surface area contributed by atoms with Crippen LogP contribution in [0.2, 0.25) is 5.02 Å². The number of amides is 1. The van der Waals surface area contributed by atoms with Crippen LogP contribution in [0.3, 0.4) is 0 Å². The third-order valence-corrected chi connectivity index (χ3v) is 8.41. The van der Waals surface area contributed by atoms with Gasteiger partial charge in [-0.3, -0.25) is 14.6 Å². The lowest BCUT2D eigenvalue weighted by molar-refractivity contribution is -0.122. The molecule has 3 fully saturated rings. The van der Waals surface area contributed by atoms with Crippen LogP contribution in [-0.4, -0.2) is 26.7 Å². The number of carbonyl (C=O) groups excluding carboxylic acids is 1. The number of rotatable bonds is 6. The van der Waals surface area contributed by atoms with E-state index < -0.39 is 0 Å². The number of hydrogen-bond acceptors (Lipinski definition) is 5. The molecule has 5 rings (SSSR count). The van der Waals surface area contributed by atoms with Gasteiger partial charge in [0.05, 0.1) is 16.9 Å². The third-order valence-electron chi connectivity index (χ3n) is 7.31. The van der Waals surface area contributed by atoms with E-state index in [4.69, 9.17) is 11.6 Å². The van der Waals surface area contributed by atoms with E-state index in [2.05, 4.69) is 57.4 Å². The monoisotopic (exact) mass is 507 g/mol. The topological polar surface area (TPSA) is 88.9 Å². The lowest BCUT2D eigenvalue weighted by Crippen LogP contribution is -2.58. The average Bonchev–Trinajstić information content (AvgIpc) is 2.73. The lowest BCUT2D eigenvalue weighted by Gasteiger charge is -2.62. The molecule has 2 N–H and O–H groups in total. The number of nitrogens with zero attached hydrogens (tertiary/aromatic N) is 3. The summed E-state index contributed by atoms with van der Waals surface area (Å²) >= 11 is 9.46. The molecule has 7 nitrogen and oxygen atoms in total. The summed E-state index contributed by atoms with van der Waals surface area (Å²) in [5, 5.41) is 11.0. The summed E-state index contributed by atoms with van der Waals surface area (Å²) in [5.41, 5.74) is 1.51. The van der Waals surface area contributed by atoms with Gasteiger partial charge in [-0.2, -0.15) is 5.10 Å². The van der Waals surface area contributed by atoms with Crippen molar-refractivity contribution in [1.82, 2.24) is 20.1 Å². The van der Waals surface area contributed by atoms with E-state index in [9.17, 15) is 9.59 Å². The summed E-state index contributed by atoms with van der Waals surface area (Å²) in [6.07, 6.45) is 7.15. The van der Waals surface area contributed by atoms with Gasteiger partial charge in [-0.15, -0.1) is 0 Å². The molecule has 0 aliphatic heterocycles. The van der Waals surface area contributed by atoms with E-state index in [1.165, 1.54) is 12.6 Å². The number of aromatic nitrogens is 3. The molecule has 1 amide bonds. The van der Waals surface area contributed by atoms with Gasteiger partial charge < -0.3 is 10.6 Å². The molecule has 166 valence electrons. The molecule has 2 bridgehead atoms. The minimum Gasteiger partial charge on any atom is -0.380 e. The van der Waals surface area contributed by atoms with Gasteiger partial charge in [0.1, 0.15) is 11.0 Å². The second-order valence-corrected chi connectivity index (χ2v) is 10.5. The van der Waals surface area contributed by atoms with Crippen LogP contribution in [0.25, 0.3) is 0 Å². The Hall–Kier alpha value is -1.93. The fourth-order valence-electron chi connectivity index (χ4n) is 5.15. The zero-order valence-electron chi connectivity index (χ0n) is 17.9. The highest BCUT2D eigenvalue weighted by Gasteiger charge is 2.56. The summed E-state index contributed by atoms with van der Waals surface area (Å²) in [6.45, 7) is 7.11. The zero-order valence-corrected chi connectivity index (χ0v) is 20.2. The molecule has 3 aliphatic rings. The molecule has 0 unspecified atom stereocenters. The molecular formula is C22H27BrClN5O2. The van der Waals surface area contributed by atoms with Crippen molar-refractivity contribution < 1.29 is 4.79 Å². The van der Waals surface area contributed by atoms with Crippen molar-refractivity contribution in [3.05, 3.63) is 50.1 Å². The van der Waals surface area contributed by atoms with Gasteiger partial charge in [-0.25, -0.2) is 4.68 Å². The molecule has 31 heavy (non-hydrogen) atoms. The first-order chi connectivity index (χ1) is 14.7. The number of carbonyl (C=O) groups is 1. The Morgan fingerprint density at radius 3 is 2.81 bits per heavy atom. The maximum Gasteiger partial charge on any atom is 0.283 e. The van der Waals surface area contributed by atoms with Gasteiger partial charge in [-0.1, -0.05) is 32.4 Å². The molecule has 0 aromatic carbocycles. The first-order valence-electron chi connectivity index (χ1n) is 10.6. The van der Waals surface area contributed by atoms with E-state index >= 15 is 0 Å². The second kappa shape index (κ2) is 8.54. The Kier molecular flexibility index (Phi) is 6.14.